The zero-order chi connectivity index (χ0) is 15.7. The summed E-state index contributed by atoms with van der Waals surface area (Å²) in [5.74, 6) is -0.000327. The van der Waals surface area contributed by atoms with Crippen molar-refractivity contribution in [3.05, 3.63) is 35.9 Å². The minimum atomic E-state index is -0.998. The van der Waals surface area contributed by atoms with Gasteiger partial charge in [0.15, 0.2) is 0 Å². The zero-order valence-corrected chi connectivity index (χ0v) is 13.7. The van der Waals surface area contributed by atoms with Crippen molar-refractivity contribution in [2.75, 3.05) is 17.3 Å². The smallest absolute Gasteiger partial charge is 0.327 e. The topological polar surface area (TPSA) is 66.4 Å². The van der Waals surface area contributed by atoms with E-state index in [2.05, 4.69) is 17.9 Å². The lowest BCUT2D eigenvalue weighted by Gasteiger charge is -2.19. The molecule has 6 heteroatoms. The van der Waals surface area contributed by atoms with Gasteiger partial charge < -0.3 is 10.4 Å². The van der Waals surface area contributed by atoms with Crippen LogP contribution >= 0.6 is 24.4 Å². The van der Waals surface area contributed by atoms with Gasteiger partial charge in [-0.25, -0.2) is 4.79 Å². The van der Waals surface area contributed by atoms with Crippen molar-refractivity contribution in [1.82, 2.24) is 5.32 Å². The van der Waals surface area contributed by atoms with E-state index in [0.29, 0.717) is 17.9 Å². The molecule has 0 saturated heterocycles. The van der Waals surface area contributed by atoms with Crippen molar-refractivity contribution in [3.8, 4) is 0 Å². The molecule has 116 valence electrons. The number of hydrogen-bond acceptors (Lipinski definition) is 4. The molecule has 0 aliphatic heterocycles. The van der Waals surface area contributed by atoms with Crippen LogP contribution in [0.3, 0.4) is 0 Å². The maximum absolute atomic E-state index is 12.2. The number of carboxylic acid groups (broad SMARTS) is 1. The molecule has 0 radical (unpaired) electrons. The zero-order valence-electron chi connectivity index (χ0n) is 12.0. The van der Waals surface area contributed by atoms with E-state index in [1.807, 2.05) is 37.3 Å². The number of carboxylic acids is 1. The van der Waals surface area contributed by atoms with Crippen molar-refractivity contribution in [3.63, 3.8) is 0 Å². The quantitative estimate of drug-likeness (QED) is 0.608. The highest BCUT2D eigenvalue weighted by molar-refractivity contribution is 7.99. The lowest BCUT2D eigenvalue weighted by molar-refractivity contribution is -0.141. The summed E-state index contributed by atoms with van der Waals surface area (Å²) in [4.78, 5) is 23.4. The number of amides is 1. The first-order valence-electron chi connectivity index (χ1n) is 6.84. The van der Waals surface area contributed by atoms with Crippen LogP contribution in [0.1, 0.15) is 12.5 Å². The maximum Gasteiger partial charge on any atom is 0.327 e. The first-order valence-corrected chi connectivity index (χ1v) is 8.62. The molecular formula is C15H21NO3S2. The molecule has 1 unspecified atom stereocenters. The highest BCUT2D eigenvalue weighted by atomic mass is 32.2. The van der Waals surface area contributed by atoms with E-state index < -0.39 is 12.0 Å². The Morgan fingerprint density at radius 3 is 2.52 bits per heavy atom. The highest BCUT2D eigenvalue weighted by Gasteiger charge is 2.24. The summed E-state index contributed by atoms with van der Waals surface area (Å²) < 4.78 is 0. The van der Waals surface area contributed by atoms with Gasteiger partial charge in [-0.2, -0.15) is 24.4 Å². The molecule has 0 aliphatic carbocycles. The Balaban J connectivity index is 2.62. The van der Waals surface area contributed by atoms with Crippen molar-refractivity contribution in [2.45, 2.75) is 19.4 Å². The number of thiol groups is 1. The molecule has 21 heavy (non-hydrogen) atoms. The SMILES string of the molecule is CCSC[C@H](NC(=O)C(CS)Cc1ccccc1)C(=O)O. The Bertz CT molecular complexity index is 453. The number of carbonyl (C=O) groups excluding carboxylic acids is 1. The second-order valence-corrected chi connectivity index (χ2v) is 6.31. The molecule has 1 rings (SSSR count). The summed E-state index contributed by atoms with van der Waals surface area (Å²) in [6.07, 6.45) is 0.559. The maximum atomic E-state index is 12.2. The molecule has 0 saturated carbocycles. The second-order valence-electron chi connectivity index (χ2n) is 4.63. The average molecular weight is 327 g/mol. The lowest BCUT2D eigenvalue weighted by atomic mass is 10.00. The van der Waals surface area contributed by atoms with E-state index in [9.17, 15) is 9.59 Å². The first-order chi connectivity index (χ1) is 10.1. The average Bonchev–Trinajstić information content (AvgIpc) is 2.49. The number of benzene rings is 1. The van der Waals surface area contributed by atoms with Crippen LogP contribution in [0.4, 0.5) is 0 Å². The van der Waals surface area contributed by atoms with Crippen LogP contribution in [0.25, 0.3) is 0 Å². The molecule has 1 aromatic rings. The van der Waals surface area contributed by atoms with Crippen LogP contribution in [0.15, 0.2) is 30.3 Å². The van der Waals surface area contributed by atoms with Gasteiger partial charge in [0, 0.05) is 11.5 Å². The third-order valence-corrected chi connectivity index (χ3v) is 4.44. The number of rotatable bonds is 9. The summed E-state index contributed by atoms with van der Waals surface area (Å²) in [7, 11) is 0. The number of hydrogen-bond donors (Lipinski definition) is 3. The minimum Gasteiger partial charge on any atom is -0.480 e. The molecule has 0 heterocycles. The fourth-order valence-electron chi connectivity index (χ4n) is 1.84. The third kappa shape index (κ3) is 6.44. The molecule has 2 atom stereocenters. The van der Waals surface area contributed by atoms with Gasteiger partial charge in [-0.15, -0.1) is 0 Å². The predicted molar refractivity (Wildman–Crippen MR) is 90.1 cm³/mol. The Morgan fingerprint density at radius 2 is 2.00 bits per heavy atom. The second kappa shape index (κ2) is 9.73. The molecule has 1 amide bonds. The van der Waals surface area contributed by atoms with Gasteiger partial charge in [0.1, 0.15) is 6.04 Å². The van der Waals surface area contributed by atoms with E-state index in [4.69, 9.17) is 5.11 Å². The number of aliphatic carboxylic acids is 1. The van der Waals surface area contributed by atoms with Crippen molar-refractivity contribution in [2.24, 2.45) is 5.92 Å². The Morgan fingerprint density at radius 1 is 1.33 bits per heavy atom. The van der Waals surface area contributed by atoms with E-state index in [0.717, 1.165) is 11.3 Å². The van der Waals surface area contributed by atoms with Crippen molar-refractivity contribution >= 4 is 36.3 Å². The molecule has 0 spiro atoms. The lowest BCUT2D eigenvalue weighted by Crippen LogP contribution is -2.46. The van der Waals surface area contributed by atoms with Crippen molar-refractivity contribution in [1.29, 1.82) is 0 Å². The molecule has 2 N–H and O–H groups in total. The summed E-state index contributed by atoms with van der Waals surface area (Å²) in [6, 6.07) is 8.81. The molecule has 0 aromatic heterocycles. The summed E-state index contributed by atoms with van der Waals surface area (Å²) in [5.41, 5.74) is 1.04. The van der Waals surface area contributed by atoms with Gasteiger partial charge >= 0.3 is 5.97 Å². The van der Waals surface area contributed by atoms with Crippen LogP contribution in [-0.4, -0.2) is 40.3 Å². The monoisotopic (exact) mass is 327 g/mol. The van der Waals surface area contributed by atoms with Crippen LogP contribution in [0.2, 0.25) is 0 Å². The summed E-state index contributed by atoms with van der Waals surface area (Å²) >= 11 is 5.71. The molecule has 4 nitrogen and oxygen atoms in total. The fraction of sp³-hybridized carbons (Fsp3) is 0.467. The van der Waals surface area contributed by atoms with Crippen LogP contribution in [0, 0.1) is 5.92 Å². The summed E-state index contributed by atoms with van der Waals surface area (Å²) in [5, 5.41) is 11.8. The Hall–Kier alpha value is -1.14. The largest absolute Gasteiger partial charge is 0.480 e. The number of thioether (sulfide) groups is 1. The van der Waals surface area contributed by atoms with E-state index >= 15 is 0 Å². The van der Waals surface area contributed by atoms with Crippen LogP contribution in [0.5, 0.6) is 0 Å². The van der Waals surface area contributed by atoms with Crippen molar-refractivity contribution < 1.29 is 14.7 Å². The highest BCUT2D eigenvalue weighted by Crippen LogP contribution is 2.12. The molecule has 0 fully saturated rings. The fourth-order valence-corrected chi connectivity index (χ4v) is 2.83. The van der Waals surface area contributed by atoms with Gasteiger partial charge in [-0.05, 0) is 17.7 Å². The molecule has 0 bridgehead atoms. The number of nitrogens with one attached hydrogen (secondary N) is 1. The molecule has 1 aromatic carbocycles. The van der Waals surface area contributed by atoms with E-state index in [1.54, 1.807) is 0 Å². The Kier molecular flexibility index (Phi) is 8.30. The normalized spacial score (nSPS) is 13.4. The van der Waals surface area contributed by atoms with Gasteiger partial charge in [0.2, 0.25) is 5.91 Å². The molecular weight excluding hydrogens is 306 g/mol. The summed E-state index contributed by atoms with van der Waals surface area (Å²) in [6.45, 7) is 1.96. The first kappa shape index (κ1) is 17.9. The standard InChI is InChI=1S/C15H21NO3S2/c1-2-21-10-13(15(18)19)16-14(17)12(9-20)8-11-6-4-3-5-7-11/h3-7,12-13,20H,2,8-10H2,1H3,(H,16,17)(H,18,19)/t12?,13-/m0/s1. The Labute approximate surface area is 135 Å². The van der Waals surface area contributed by atoms with E-state index in [-0.39, 0.29) is 11.8 Å². The molecule has 0 aliphatic rings. The van der Waals surface area contributed by atoms with Gasteiger partial charge in [0.05, 0.1) is 5.92 Å². The predicted octanol–water partition coefficient (Wildman–Crippen LogP) is 2.10. The minimum absolute atomic E-state index is 0.252. The number of carbonyl (C=O) groups is 2. The third-order valence-electron chi connectivity index (χ3n) is 3.02. The van der Waals surface area contributed by atoms with Gasteiger partial charge in [0.25, 0.3) is 0 Å². The van der Waals surface area contributed by atoms with Gasteiger partial charge in [-0.3, -0.25) is 4.79 Å². The van der Waals surface area contributed by atoms with Gasteiger partial charge in [-0.1, -0.05) is 37.3 Å². The van der Waals surface area contributed by atoms with Crippen LogP contribution < -0.4 is 5.32 Å². The van der Waals surface area contributed by atoms with Crippen LogP contribution in [-0.2, 0) is 16.0 Å². The van der Waals surface area contributed by atoms with E-state index in [1.165, 1.54) is 11.8 Å².